The molecule has 5 aromatic carbocycles. The van der Waals surface area contributed by atoms with Crippen LogP contribution in [0.2, 0.25) is 0 Å². The second-order valence-corrected chi connectivity index (χ2v) is 8.02. The molecule has 2 nitrogen and oxygen atoms in total. The Kier molecular flexibility index (Phi) is 4.76. The third kappa shape index (κ3) is 3.27. The molecule has 5 rings (SSSR count). The molecule has 0 unspecified atom stereocenters. The van der Waals surface area contributed by atoms with Crippen LogP contribution in [0.5, 0.6) is 0 Å². The third-order valence-corrected chi connectivity index (χ3v) is 5.94. The molecule has 150 valence electrons. The summed E-state index contributed by atoms with van der Waals surface area (Å²) in [6.45, 7) is 0. The first kappa shape index (κ1) is 19.1. The van der Waals surface area contributed by atoms with Crippen molar-refractivity contribution in [2.75, 3.05) is 19.0 Å². The molecular formula is C29H23NO. The normalized spacial score (nSPS) is 11.0. The standard InChI is InChI=1S/C29H23NO/c1-30(2)23-17-15-22(16-18-23)29-26-9-5-3-7-24(26)28(25-8-4-6-10-27(25)29)21-13-11-20(19-31)12-14-21/h3-19H,1-2H3. The summed E-state index contributed by atoms with van der Waals surface area (Å²) in [5.74, 6) is 0. The zero-order valence-corrected chi connectivity index (χ0v) is 17.7. The zero-order valence-electron chi connectivity index (χ0n) is 17.7. The van der Waals surface area contributed by atoms with Gasteiger partial charge in [0.2, 0.25) is 0 Å². The molecule has 0 atom stereocenters. The molecule has 2 heteroatoms. The molecule has 0 fully saturated rings. The van der Waals surface area contributed by atoms with E-state index >= 15 is 0 Å². The van der Waals surface area contributed by atoms with Crippen LogP contribution >= 0.6 is 0 Å². The van der Waals surface area contributed by atoms with E-state index in [1.165, 1.54) is 43.9 Å². The van der Waals surface area contributed by atoms with Crippen LogP contribution in [0.25, 0.3) is 43.8 Å². The molecule has 0 heterocycles. The van der Waals surface area contributed by atoms with Gasteiger partial charge in [-0.3, -0.25) is 4.79 Å². The molecule has 0 radical (unpaired) electrons. The van der Waals surface area contributed by atoms with Crippen molar-refractivity contribution in [2.45, 2.75) is 0 Å². The van der Waals surface area contributed by atoms with Crippen LogP contribution in [0, 0.1) is 0 Å². The van der Waals surface area contributed by atoms with Crippen LogP contribution in [0.4, 0.5) is 5.69 Å². The maximum Gasteiger partial charge on any atom is 0.150 e. The Labute approximate surface area is 182 Å². The summed E-state index contributed by atoms with van der Waals surface area (Å²) in [7, 11) is 4.12. The van der Waals surface area contributed by atoms with E-state index in [1.54, 1.807) is 0 Å². The Morgan fingerprint density at radius 1 is 0.548 bits per heavy atom. The molecular weight excluding hydrogens is 378 g/mol. The quantitative estimate of drug-likeness (QED) is 0.234. The van der Waals surface area contributed by atoms with E-state index < -0.39 is 0 Å². The van der Waals surface area contributed by atoms with Crippen molar-refractivity contribution >= 4 is 33.5 Å². The average Bonchev–Trinajstić information content (AvgIpc) is 2.82. The van der Waals surface area contributed by atoms with Gasteiger partial charge >= 0.3 is 0 Å². The Balaban J connectivity index is 1.86. The highest BCUT2D eigenvalue weighted by atomic mass is 16.1. The van der Waals surface area contributed by atoms with Crippen molar-refractivity contribution in [3.8, 4) is 22.3 Å². The first-order valence-corrected chi connectivity index (χ1v) is 10.4. The van der Waals surface area contributed by atoms with E-state index in [-0.39, 0.29) is 0 Å². The van der Waals surface area contributed by atoms with Crippen molar-refractivity contribution < 1.29 is 4.79 Å². The van der Waals surface area contributed by atoms with Crippen molar-refractivity contribution in [3.63, 3.8) is 0 Å². The number of nitrogens with zero attached hydrogens (tertiary/aromatic N) is 1. The molecule has 0 saturated carbocycles. The summed E-state index contributed by atoms with van der Waals surface area (Å²) in [4.78, 5) is 13.3. The minimum absolute atomic E-state index is 0.690. The van der Waals surface area contributed by atoms with Crippen molar-refractivity contribution in [1.29, 1.82) is 0 Å². The highest BCUT2D eigenvalue weighted by Gasteiger charge is 2.16. The molecule has 0 aliphatic carbocycles. The van der Waals surface area contributed by atoms with Gasteiger partial charge in [-0.2, -0.15) is 0 Å². The molecule has 0 saturated heterocycles. The number of aldehydes is 1. The Morgan fingerprint density at radius 3 is 1.29 bits per heavy atom. The second-order valence-electron chi connectivity index (χ2n) is 8.02. The van der Waals surface area contributed by atoms with Gasteiger partial charge in [-0.05, 0) is 55.9 Å². The fraction of sp³-hybridized carbons (Fsp3) is 0.0690. The molecule has 0 N–H and O–H groups in total. The summed E-state index contributed by atoms with van der Waals surface area (Å²) in [5.41, 5.74) is 6.66. The lowest BCUT2D eigenvalue weighted by molar-refractivity contribution is 0.112. The minimum Gasteiger partial charge on any atom is -0.378 e. The number of hydrogen-bond acceptors (Lipinski definition) is 2. The third-order valence-electron chi connectivity index (χ3n) is 5.94. The average molecular weight is 402 g/mol. The first-order valence-electron chi connectivity index (χ1n) is 10.4. The van der Waals surface area contributed by atoms with Crippen LogP contribution in [0.3, 0.4) is 0 Å². The number of carbonyl (C=O) groups excluding carboxylic acids is 1. The zero-order chi connectivity index (χ0) is 21.4. The van der Waals surface area contributed by atoms with Crippen LogP contribution in [-0.4, -0.2) is 20.4 Å². The monoisotopic (exact) mass is 401 g/mol. The van der Waals surface area contributed by atoms with Gasteiger partial charge in [-0.15, -0.1) is 0 Å². The van der Waals surface area contributed by atoms with Gasteiger partial charge in [0.15, 0.2) is 0 Å². The van der Waals surface area contributed by atoms with E-state index in [0.29, 0.717) is 5.56 Å². The van der Waals surface area contributed by atoms with Gasteiger partial charge in [-0.25, -0.2) is 0 Å². The lowest BCUT2D eigenvalue weighted by atomic mass is 9.86. The van der Waals surface area contributed by atoms with Gasteiger partial charge in [0.05, 0.1) is 0 Å². The van der Waals surface area contributed by atoms with Crippen LogP contribution < -0.4 is 4.90 Å². The molecule has 31 heavy (non-hydrogen) atoms. The molecule has 5 aromatic rings. The van der Waals surface area contributed by atoms with E-state index in [2.05, 4.69) is 91.8 Å². The van der Waals surface area contributed by atoms with Crippen LogP contribution in [-0.2, 0) is 0 Å². The summed E-state index contributed by atoms with van der Waals surface area (Å²) in [6, 6.07) is 33.8. The summed E-state index contributed by atoms with van der Waals surface area (Å²) >= 11 is 0. The predicted octanol–water partition coefficient (Wildman–Crippen LogP) is 7.21. The topological polar surface area (TPSA) is 20.3 Å². The Bertz CT molecular complexity index is 1340. The predicted molar refractivity (Wildman–Crippen MR) is 132 cm³/mol. The minimum atomic E-state index is 0.690. The lowest BCUT2D eigenvalue weighted by Gasteiger charge is -2.18. The van der Waals surface area contributed by atoms with E-state index in [9.17, 15) is 4.79 Å². The van der Waals surface area contributed by atoms with Crippen LogP contribution in [0.1, 0.15) is 10.4 Å². The smallest absolute Gasteiger partial charge is 0.150 e. The Morgan fingerprint density at radius 2 is 0.935 bits per heavy atom. The van der Waals surface area contributed by atoms with E-state index in [4.69, 9.17) is 0 Å². The van der Waals surface area contributed by atoms with E-state index in [0.717, 1.165) is 11.8 Å². The fourth-order valence-electron chi connectivity index (χ4n) is 4.41. The van der Waals surface area contributed by atoms with Gasteiger partial charge in [0.25, 0.3) is 0 Å². The van der Waals surface area contributed by atoms with Crippen molar-refractivity contribution in [1.82, 2.24) is 0 Å². The summed E-state index contributed by atoms with van der Waals surface area (Å²) < 4.78 is 0. The molecule has 0 aliphatic heterocycles. The number of fused-ring (bicyclic) bond motifs is 2. The first-order chi connectivity index (χ1) is 15.2. The van der Waals surface area contributed by atoms with Crippen molar-refractivity contribution in [3.05, 3.63) is 103 Å². The highest BCUT2D eigenvalue weighted by Crippen LogP contribution is 2.43. The fourth-order valence-corrected chi connectivity index (χ4v) is 4.41. The number of benzene rings is 5. The number of rotatable bonds is 4. The largest absolute Gasteiger partial charge is 0.378 e. The SMILES string of the molecule is CN(C)c1ccc(-c2c3ccccc3c(-c3ccc(C=O)cc3)c3ccccc23)cc1. The van der Waals surface area contributed by atoms with Gasteiger partial charge < -0.3 is 4.90 Å². The van der Waals surface area contributed by atoms with Crippen LogP contribution in [0.15, 0.2) is 97.1 Å². The van der Waals surface area contributed by atoms with Crippen molar-refractivity contribution in [2.24, 2.45) is 0 Å². The van der Waals surface area contributed by atoms with Gasteiger partial charge in [0, 0.05) is 25.3 Å². The summed E-state index contributed by atoms with van der Waals surface area (Å²) in [5, 5.41) is 4.89. The molecule has 0 aromatic heterocycles. The Hall–Kier alpha value is -3.91. The molecule has 0 bridgehead atoms. The summed E-state index contributed by atoms with van der Waals surface area (Å²) in [6.07, 6.45) is 0.889. The highest BCUT2D eigenvalue weighted by molar-refractivity contribution is 6.21. The maximum atomic E-state index is 11.1. The number of anilines is 1. The molecule has 0 spiro atoms. The molecule has 0 amide bonds. The lowest BCUT2D eigenvalue weighted by Crippen LogP contribution is -2.07. The maximum absolute atomic E-state index is 11.1. The number of hydrogen-bond donors (Lipinski definition) is 0. The van der Waals surface area contributed by atoms with Gasteiger partial charge in [-0.1, -0.05) is 84.9 Å². The van der Waals surface area contributed by atoms with Gasteiger partial charge in [0.1, 0.15) is 6.29 Å². The number of carbonyl (C=O) groups is 1. The molecule has 0 aliphatic rings. The second kappa shape index (κ2) is 7.73. The van der Waals surface area contributed by atoms with E-state index in [1.807, 2.05) is 24.3 Å².